The number of fused-ring (bicyclic) bond motifs is 1. The Labute approximate surface area is 121 Å². The van der Waals surface area contributed by atoms with Gasteiger partial charge in [0.05, 0.1) is 11.5 Å². The molecule has 1 saturated heterocycles. The molecule has 2 aliphatic rings. The van der Waals surface area contributed by atoms with Gasteiger partial charge in [0, 0.05) is 12.1 Å². The number of hydrogen-bond donors (Lipinski definition) is 1. The zero-order valence-corrected chi connectivity index (χ0v) is 12.7. The first kappa shape index (κ1) is 14.1. The predicted molar refractivity (Wildman–Crippen MR) is 81.5 cm³/mol. The molecule has 110 valence electrons. The number of rotatable bonds is 2. The SMILES string of the molecule is O=S1(=O)CCC(NC2CCCCc3ccccc32)CC1. The summed E-state index contributed by atoms with van der Waals surface area (Å²) in [4.78, 5) is 0. The molecule has 1 heterocycles. The minimum atomic E-state index is -2.76. The van der Waals surface area contributed by atoms with Gasteiger partial charge in [-0.2, -0.15) is 0 Å². The van der Waals surface area contributed by atoms with Crippen LogP contribution >= 0.6 is 0 Å². The van der Waals surface area contributed by atoms with E-state index in [-0.39, 0.29) is 0 Å². The predicted octanol–water partition coefficient (Wildman–Crippen LogP) is 2.62. The summed E-state index contributed by atoms with van der Waals surface area (Å²) in [7, 11) is -2.76. The maximum Gasteiger partial charge on any atom is 0.150 e. The van der Waals surface area contributed by atoms with Crippen LogP contribution in [0.1, 0.15) is 49.3 Å². The maximum atomic E-state index is 11.5. The molecule has 1 aliphatic carbocycles. The van der Waals surface area contributed by atoms with Gasteiger partial charge in [-0.3, -0.25) is 0 Å². The second-order valence-electron chi connectivity index (χ2n) is 6.09. The van der Waals surface area contributed by atoms with Crippen molar-refractivity contribution >= 4 is 9.84 Å². The molecule has 1 fully saturated rings. The highest BCUT2D eigenvalue weighted by Crippen LogP contribution is 2.30. The first-order valence-electron chi connectivity index (χ1n) is 7.68. The highest BCUT2D eigenvalue weighted by atomic mass is 32.2. The van der Waals surface area contributed by atoms with Crippen LogP contribution in [0.3, 0.4) is 0 Å². The highest BCUT2D eigenvalue weighted by Gasteiger charge is 2.27. The van der Waals surface area contributed by atoms with E-state index in [1.165, 1.54) is 36.8 Å². The topological polar surface area (TPSA) is 46.2 Å². The fourth-order valence-electron chi connectivity index (χ4n) is 3.44. The Morgan fingerprint density at radius 2 is 1.75 bits per heavy atom. The zero-order chi connectivity index (χ0) is 14.0. The summed E-state index contributed by atoms with van der Waals surface area (Å²) in [6.07, 6.45) is 6.38. The normalized spacial score (nSPS) is 26.7. The number of nitrogens with one attached hydrogen (secondary N) is 1. The smallest absolute Gasteiger partial charge is 0.150 e. The van der Waals surface area contributed by atoms with Crippen molar-refractivity contribution in [2.24, 2.45) is 0 Å². The molecule has 3 nitrogen and oxygen atoms in total. The van der Waals surface area contributed by atoms with Crippen LogP contribution in [0.5, 0.6) is 0 Å². The number of hydrogen-bond acceptors (Lipinski definition) is 3. The highest BCUT2D eigenvalue weighted by molar-refractivity contribution is 7.91. The van der Waals surface area contributed by atoms with Crippen molar-refractivity contribution in [3.8, 4) is 0 Å². The van der Waals surface area contributed by atoms with E-state index in [4.69, 9.17) is 0 Å². The third-order valence-corrected chi connectivity index (χ3v) is 6.33. The molecular formula is C16H23NO2S. The first-order chi connectivity index (χ1) is 9.64. The molecule has 1 N–H and O–H groups in total. The molecule has 0 amide bonds. The maximum absolute atomic E-state index is 11.5. The van der Waals surface area contributed by atoms with E-state index in [1.807, 2.05) is 0 Å². The monoisotopic (exact) mass is 293 g/mol. The summed E-state index contributed by atoms with van der Waals surface area (Å²) in [5, 5.41) is 3.73. The molecule has 1 unspecified atom stereocenters. The van der Waals surface area contributed by atoms with Crippen LogP contribution < -0.4 is 5.32 Å². The van der Waals surface area contributed by atoms with E-state index in [0.29, 0.717) is 23.6 Å². The van der Waals surface area contributed by atoms with Gasteiger partial charge in [0.15, 0.2) is 0 Å². The Bertz CT molecular complexity index is 554. The van der Waals surface area contributed by atoms with Gasteiger partial charge in [0.25, 0.3) is 0 Å². The van der Waals surface area contributed by atoms with Crippen molar-refractivity contribution in [2.45, 2.75) is 50.6 Å². The molecular weight excluding hydrogens is 270 g/mol. The van der Waals surface area contributed by atoms with Gasteiger partial charge in [0.2, 0.25) is 0 Å². The lowest BCUT2D eigenvalue weighted by molar-refractivity contribution is 0.387. The van der Waals surface area contributed by atoms with E-state index in [0.717, 1.165) is 12.8 Å². The molecule has 0 saturated carbocycles. The fraction of sp³-hybridized carbons (Fsp3) is 0.625. The Morgan fingerprint density at radius 1 is 1.00 bits per heavy atom. The minimum Gasteiger partial charge on any atom is -0.307 e. The van der Waals surface area contributed by atoms with E-state index in [2.05, 4.69) is 29.6 Å². The van der Waals surface area contributed by atoms with Crippen LogP contribution in [0.2, 0.25) is 0 Å². The summed E-state index contributed by atoms with van der Waals surface area (Å²) < 4.78 is 23.0. The molecule has 0 radical (unpaired) electrons. The molecule has 0 spiro atoms. The van der Waals surface area contributed by atoms with Crippen LogP contribution in [0.4, 0.5) is 0 Å². The van der Waals surface area contributed by atoms with Gasteiger partial charge in [-0.15, -0.1) is 0 Å². The largest absolute Gasteiger partial charge is 0.307 e. The standard InChI is InChI=1S/C16H23NO2S/c18-20(19)11-9-14(10-12-20)17-16-8-4-2-6-13-5-1-3-7-15(13)16/h1,3,5,7,14,16-17H,2,4,6,8-12H2. The molecule has 4 heteroatoms. The molecule has 1 aliphatic heterocycles. The van der Waals surface area contributed by atoms with Crippen LogP contribution in [0.25, 0.3) is 0 Å². The minimum absolute atomic E-state index is 0.346. The molecule has 3 rings (SSSR count). The molecule has 1 atom stereocenters. The van der Waals surface area contributed by atoms with Gasteiger partial charge in [-0.25, -0.2) is 8.42 Å². The zero-order valence-electron chi connectivity index (χ0n) is 11.8. The van der Waals surface area contributed by atoms with Crippen LogP contribution in [-0.4, -0.2) is 26.0 Å². The number of benzene rings is 1. The van der Waals surface area contributed by atoms with E-state index in [1.54, 1.807) is 0 Å². The van der Waals surface area contributed by atoms with Gasteiger partial charge in [-0.05, 0) is 43.2 Å². The van der Waals surface area contributed by atoms with E-state index >= 15 is 0 Å². The van der Waals surface area contributed by atoms with E-state index in [9.17, 15) is 8.42 Å². The average molecular weight is 293 g/mol. The average Bonchev–Trinajstić information content (AvgIpc) is 2.64. The van der Waals surface area contributed by atoms with Gasteiger partial charge < -0.3 is 5.32 Å². The molecule has 0 aromatic heterocycles. The second-order valence-corrected chi connectivity index (χ2v) is 8.39. The van der Waals surface area contributed by atoms with Crippen molar-refractivity contribution in [2.75, 3.05) is 11.5 Å². The molecule has 0 bridgehead atoms. The lowest BCUT2D eigenvalue weighted by atomic mass is 9.97. The first-order valence-corrected chi connectivity index (χ1v) is 9.50. The third-order valence-electron chi connectivity index (χ3n) is 4.61. The summed E-state index contributed by atoms with van der Waals surface area (Å²) in [6, 6.07) is 9.46. The van der Waals surface area contributed by atoms with Gasteiger partial charge in [0.1, 0.15) is 9.84 Å². The second kappa shape index (κ2) is 5.86. The summed E-state index contributed by atoms with van der Waals surface area (Å²) in [5.41, 5.74) is 2.89. The Morgan fingerprint density at radius 3 is 2.55 bits per heavy atom. The Hall–Kier alpha value is -0.870. The van der Waals surface area contributed by atoms with E-state index < -0.39 is 9.84 Å². The van der Waals surface area contributed by atoms with Gasteiger partial charge >= 0.3 is 0 Å². The van der Waals surface area contributed by atoms with Crippen LogP contribution in [-0.2, 0) is 16.3 Å². The molecule has 1 aromatic carbocycles. The molecule has 1 aromatic rings. The lowest BCUT2D eigenvalue weighted by Crippen LogP contribution is -2.39. The Kier molecular flexibility index (Phi) is 4.13. The summed E-state index contributed by atoms with van der Waals surface area (Å²) in [5.74, 6) is 0.693. The van der Waals surface area contributed by atoms with Crippen molar-refractivity contribution in [1.29, 1.82) is 0 Å². The summed E-state index contributed by atoms with van der Waals surface area (Å²) in [6.45, 7) is 0. The fourth-order valence-corrected chi connectivity index (χ4v) is 4.93. The Balaban J connectivity index is 1.71. The third kappa shape index (κ3) is 3.23. The summed E-state index contributed by atoms with van der Waals surface area (Å²) >= 11 is 0. The lowest BCUT2D eigenvalue weighted by Gasteiger charge is -2.29. The van der Waals surface area contributed by atoms with Crippen molar-refractivity contribution in [3.05, 3.63) is 35.4 Å². The van der Waals surface area contributed by atoms with Crippen molar-refractivity contribution in [3.63, 3.8) is 0 Å². The molecule has 20 heavy (non-hydrogen) atoms. The van der Waals surface area contributed by atoms with Crippen molar-refractivity contribution < 1.29 is 8.42 Å². The quantitative estimate of drug-likeness (QED) is 0.853. The van der Waals surface area contributed by atoms with Crippen molar-refractivity contribution in [1.82, 2.24) is 5.32 Å². The van der Waals surface area contributed by atoms with Crippen LogP contribution in [0, 0.1) is 0 Å². The van der Waals surface area contributed by atoms with Gasteiger partial charge in [-0.1, -0.05) is 30.7 Å². The van der Waals surface area contributed by atoms with Crippen LogP contribution in [0.15, 0.2) is 24.3 Å². The number of sulfone groups is 1. The number of aryl methyl sites for hydroxylation is 1.